The molecule has 2 atom stereocenters. The number of nitrogens with two attached hydrogens (primary N) is 1. The number of nitrogens with one attached hydrogen (secondary N) is 1. The molecule has 0 aliphatic carbocycles. The zero-order valence-corrected chi connectivity index (χ0v) is 10.4. The zero-order valence-electron chi connectivity index (χ0n) is 9.61. The van der Waals surface area contributed by atoms with Crippen molar-refractivity contribution in [3.8, 4) is 0 Å². The Morgan fingerprint density at radius 1 is 1.56 bits per heavy atom. The van der Waals surface area contributed by atoms with E-state index in [0.717, 1.165) is 0 Å². The minimum Gasteiger partial charge on any atom is -0.355 e. The first-order chi connectivity index (χ1) is 7.51. The van der Waals surface area contributed by atoms with Crippen LogP contribution in [0.15, 0.2) is 0 Å². The fraction of sp³-hybridized carbons (Fsp3) is 0.900. The number of carbonyl (C=O) groups excluding carboxylic acids is 1. The molecule has 3 N–H and O–H groups in total. The third-order valence-electron chi connectivity index (χ3n) is 3.11. The summed E-state index contributed by atoms with van der Waals surface area (Å²) in [6, 6.07) is 0. The first-order valence-corrected chi connectivity index (χ1v) is 7.42. The third kappa shape index (κ3) is 3.18. The summed E-state index contributed by atoms with van der Waals surface area (Å²) in [6.07, 6.45) is 2.04. The summed E-state index contributed by atoms with van der Waals surface area (Å²) in [7, 11) is -2.97. The first kappa shape index (κ1) is 13.4. The highest BCUT2D eigenvalue weighted by Crippen LogP contribution is 2.19. The maximum Gasteiger partial charge on any atom is 0.224 e. The van der Waals surface area contributed by atoms with E-state index >= 15 is 0 Å². The van der Waals surface area contributed by atoms with Gasteiger partial charge in [0.2, 0.25) is 5.91 Å². The number of sulfone groups is 1. The molecule has 0 bridgehead atoms. The summed E-state index contributed by atoms with van der Waals surface area (Å²) in [6.45, 7) is 2.43. The fourth-order valence-corrected chi connectivity index (χ4v) is 3.67. The minimum atomic E-state index is -2.97. The van der Waals surface area contributed by atoms with Crippen molar-refractivity contribution in [1.82, 2.24) is 5.32 Å². The molecular formula is C10H20N2O3S. The van der Waals surface area contributed by atoms with Crippen molar-refractivity contribution in [1.29, 1.82) is 0 Å². The van der Waals surface area contributed by atoms with E-state index in [0.29, 0.717) is 25.8 Å². The molecule has 1 heterocycles. The van der Waals surface area contributed by atoms with Crippen molar-refractivity contribution in [2.45, 2.75) is 31.4 Å². The zero-order chi connectivity index (χ0) is 12.2. The lowest BCUT2D eigenvalue weighted by Gasteiger charge is -2.15. The van der Waals surface area contributed by atoms with Crippen LogP contribution in [0.25, 0.3) is 0 Å². The van der Waals surface area contributed by atoms with Gasteiger partial charge in [0.1, 0.15) is 0 Å². The van der Waals surface area contributed by atoms with Gasteiger partial charge in [-0.05, 0) is 19.3 Å². The van der Waals surface area contributed by atoms with E-state index in [1.54, 1.807) is 0 Å². The van der Waals surface area contributed by atoms with Gasteiger partial charge in [-0.2, -0.15) is 0 Å². The molecule has 1 rings (SSSR count). The number of carbonyl (C=O) groups is 1. The highest BCUT2D eigenvalue weighted by molar-refractivity contribution is 7.92. The maximum atomic E-state index is 11.6. The lowest BCUT2D eigenvalue weighted by molar-refractivity contribution is -0.124. The average molecular weight is 248 g/mol. The summed E-state index contributed by atoms with van der Waals surface area (Å²) in [4.78, 5) is 11.6. The van der Waals surface area contributed by atoms with Gasteiger partial charge in [0.15, 0.2) is 9.84 Å². The van der Waals surface area contributed by atoms with Crippen LogP contribution >= 0.6 is 0 Å². The lowest BCUT2D eigenvalue weighted by atomic mass is 10.1. The van der Waals surface area contributed by atoms with Gasteiger partial charge in [-0.15, -0.1) is 0 Å². The molecule has 6 heteroatoms. The SMILES string of the molecule is CCC(CN)C(=O)NCC1CCCS1(=O)=O. The lowest BCUT2D eigenvalue weighted by Crippen LogP contribution is -2.40. The normalized spacial score (nSPS) is 25.2. The molecule has 0 aromatic carbocycles. The number of hydrogen-bond donors (Lipinski definition) is 2. The molecule has 1 aliphatic rings. The first-order valence-electron chi connectivity index (χ1n) is 5.70. The van der Waals surface area contributed by atoms with Gasteiger partial charge in [-0.25, -0.2) is 8.42 Å². The second kappa shape index (κ2) is 5.63. The second-order valence-corrected chi connectivity index (χ2v) is 6.62. The van der Waals surface area contributed by atoms with Crippen LogP contribution in [-0.2, 0) is 14.6 Å². The highest BCUT2D eigenvalue weighted by Gasteiger charge is 2.31. The van der Waals surface area contributed by atoms with Crippen molar-refractivity contribution < 1.29 is 13.2 Å². The van der Waals surface area contributed by atoms with E-state index < -0.39 is 15.1 Å². The van der Waals surface area contributed by atoms with Crippen LogP contribution in [0.5, 0.6) is 0 Å². The summed E-state index contributed by atoms with van der Waals surface area (Å²) >= 11 is 0. The molecule has 0 saturated carbocycles. The highest BCUT2D eigenvalue weighted by atomic mass is 32.2. The van der Waals surface area contributed by atoms with Gasteiger partial charge < -0.3 is 11.1 Å². The van der Waals surface area contributed by atoms with Crippen LogP contribution in [-0.4, -0.2) is 38.4 Å². The van der Waals surface area contributed by atoms with Crippen LogP contribution in [0.3, 0.4) is 0 Å². The average Bonchev–Trinajstić information content (AvgIpc) is 2.56. The van der Waals surface area contributed by atoms with Gasteiger partial charge in [0.05, 0.1) is 11.0 Å². The molecule has 16 heavy (non-hydrogen) atoms. The monoisotopic (exact) mass is 248 g/mol. The van der Waals surface area contributed by atoms with E-state index in [4.69, 9.17) is 5.73 Å². The molecule has 0 aromatic rings. The molecule has 0 spiro atoms. The van der Waals surface area contributed by atoms with Crippen molar-refractivity contribution in [3.63, 3.8) is 0 Å². The summed E-state index contributed by atoms with van der Waals surface area (Å²) < 4.78 is 23.0. The van der Waals surface area contributed by atoms with Crippen LogP contribution in [0, 0.1) is 5.92 Å². The molecule has 94 valence electrons. The summed E-state index contributed by atoms with van der Waals surface area (Å²) in [5, 5.41) is 2.29. The predicted octanol–water partition coefficient (Wildman–Crippen LogP) is -0.335. The minimum absolute atomic E-state index is 0.132. The Hall–Kier alpha value is -0.620. The fourth-order valence-electron chi connectivity index (χ4n) is 1.91. The predicted molar refractivity (Wildman–Crippen MR) is 62.7 cm³/mol. The largest absolute Gasteiger partial charge is 0.355 e. The molecule has 1 saturated heterocycles. The van der Waals surface area contributed by atoms with E-state index in [2.05, 4.69) is 5.32 Å². The molecule has 2 unspecified atom stereocenters. The van der Waals surface area contributed by atoms with Crippen molar-refractivity contribution in [2.24, 2.45) is 11.7 Å². The Morgan fingerprint density at radius 3 is 2.69 bits per heavy atom. The molecule has 5 nitrogen and oxygen atoms in total. The second-order valence-electron chi connectivity index (χ2n) is 4.22. The van der Waals surface area contributed by atoms with E-state index in [1.165, 1.54) is 0 Å². The van der Waals surface area contributed by atoms with Crippen LogP contribution in [0.1, 0.15) is 26.2 Å². The Kier molecular flexibility index (Phi) is 4.73. The number of hydrogen-bond acceptors (Lipinski definition) is 4. The molecule has 0 aromatic heterocycles. The van der Waals surface area contributed by atoms with Crippen molar-refractivity contribution in [3.05, 3.63) is 0 Å². The van der Waals surface area contributed by atoms with E-state index in [1.807, 2.05) is 6.92 Å². The Labute approximate surface area is 96.7 Å². The summed E-state index contributed by atoms with van der Waals surface area (Å²) in [5.74, 6) is -0.0852. The topological polar surface area (TPSA) is 89.3 Å². The van der Waals surface area contributed by atoms with Gasteiger partial charge in [-0.3, -0.25) is 4.79 Å². The van der Waals surface area contributed by atoms with Crippen molar-refractivity contribution >= 4 is 15.7 Å². The Bertz CT molecular complexity index is 336. The van der Waals surface area contributed by atoms with Gasteiger partial charge in [0.25, 0.3) is 0 Å². The molecule has 1 aliphatic heterocycles. The van der Waals surface area contributed by atoms with E-state index in [-0.39, 0.29) is 24.1 Å². The van der Waals surface area contributed by atoms with E-state index in [9.17, 15) is 13.2 Å². The third-order valence-corrected chi connectivity index (χ3v) is 5.39. The Balaban J connectivity index is 2.43. The van der Waals surface area contributed by atoms with Gasteiger partial charge >= 0.3 is 0 Å². The smallest absolute Gasteiger partial charge is 0.224 e. The van der Waals surface area contributed by atoms with Crippen LogP contribution < -0.4 is 11.1 Å². The quantitative estimate of drug-likeness (QED) is 0.697. The standard InChI is InChI=1S/C10H20N2O3S/c1-2-8(6-11)10(13)12-7-9-4-3-5-16(9,14)15/h8-9H,2-7,11H2,1H3,(H,12,13). The number of rotatable bonds is 5. The van der Waals surface area contributed by atoms with Crippen molar-refractivity contribution in [2.75, 3.05) is 18.8 Å². The molecular weight excluding hydrogens is 228 g/mol. The maximum absolute atomic E-state index is 11.6. The summed E-state index contributed by atoms with van der Waals surface area (Å²) in [5.41, 5.74) is 5.44. The molecule has 1 amide bonds. The molecule has 0 radical (unpaired) electrons. The van der Waals surface area contributed by atoms with Gasteiger partial charge in [-0.1, -0.05) is 6.92 Å². The Morgan fingerprint density at radius 2 is 2.25 bits per heavy atom. The number of amides is 1. The van der Waals surface area contributed by atoms with Crippen LogP contribution in [0.2, 0.25) is 0 Å². The molecule has 1 fully saturated rings. The van der Waals surface area contributed by atoms with Crippen LogP contribution in [0.4, 0.5) is 0 Å². The van der Waals surface area contributed by atoms with Gasteiger partial charge in [0, 0.05) is 19.0 Å².